The molecule has 0 aromatic heterocycles. The molecule has 2 rings (SSSR count). The standard InChI is InChI=1S/C11H15NO4/c12-16-7-9(13)8-2-3-10-11(6-8)15-5-1-4-14-10/h2-3,6,9,13H,1,4-5,7,12H2. The fourth-order valence-corrected chi connectivity index (χ4v) is 1.57. The van der Waals surface area contributed by atoms with Crippen molar-refractivity contribution in [1.29, 1.82) is 0 Å². The van der Waals surface area contributed by atoms with E-state index in [0.717, 1.165) is 6.42 Å². The van der Waals surface area contributed by atoms with Gasteiger partial charge in [-0.2, -0.15) is 0 Å². The normalized spacial score (nSPS) is 16.6. The van der Waals surface area contributed by atoms with E-state index in [1.54, 1.807) is 18.2 Å². The van der Waals surface area contributed by atoms with Crippen LogP contribution in [0.2, 0.25) is 0 Å². The summed E-state index contributed by atoms with van der Waals surface area (Å²) in [5, 5.41) is 9.69. The molecule has 1 aliphatic rings. The van der Waals surface area contributed by atoms with Crippen LogP contribution < -0.4 is 15.4 Å². The number of rotatable bonds is 3. The molecule has 1 aromatic rings. The SMILES string of the molecule is NOCC(O)c1ccc2c(c1)OCCCO2. The maximum atomic E-state index is 9.69. The Labute approximate surface area is 93.7 Å². The molecule has 5 heteroatoms. The lowest BCUT2D eigenvalue weighted by molar-refractivity contribution is 0.0357. The second-order valence-corrected chi connectivity index (χ2v) is 3.61. The lowest BCUT2D eigenvalue weighted by Crippen LogP contribution is -2.10. The number of aliphatic hydroxyl groups excluding tert-OH is 1. The summed E-state index contributed by atoms with van der Waals surface area (Å²) in [7, 11) is 0. The minimum absolute atomic E-state index is 0.0552. The third-order valence-electron chi connectivity index (χ3n) is 2.41. The predicted octanol–water partition coefficient (Wildman–Crippen LogP) is 0.772. The molecule has 1 unspecified atom stereocenters. The van der Waals surface area contributed by atoms with Gasteiger partial charge in [-0.25, -0.2) is 5.90 Å². The molecular weight excluding hydrogens is 210 g/mol. The van der Waals surface area contributed by atoms with Gasteiger partial charge in [0.1, 0.15) is 6.10 Å². The number of hydrogen-bond donors (Lipinski definition) is 2. The van der Waals surface area contributed by atoms with Gasteiger partial charge in [-0.1, -0.05) is 6.07 Å². The van der Waals surface area contributed by atoms with Crippen LogP contribution in [0.15, 0.2) is 18.2 Å². The molecule has 0 saturated carbocycles. The van der Waals surface area contributed by atoms with Crippen LogP contribution in [-0.2, 0) is 4.84 Å². The number of hydrogen-bond acceptors (Lipinski definition) is 5. The van der Waals surface area contributed by atoms with Gasteiger partial charge in [0.15, 0.2) is 11.5 Å². The number of benzene rings is 1. The van der Waals surface area contributed by atoms with Crippen LogP contribution in [0.4, 0.5) is 0 Å². The zero-order valence-corrected chi connectivity index (χ0v) is 8.89. The molecule has 0 saturated heterocycles. The highest BCUT2D eigenvalue weighted by Gasteiger charge is 2.14. The average molecular weight is 225 g/mol. The Balaban J connectivity index is 2.20. The Bertz CT molecular complexity index is 356. The number of aliphatic hydroxyl groups is 1. The van der Waals surface area contributed by atoms with Gasteiger partial charge in [0.25, 0.3) is 0 Å². The molecule has 0 radical (unpaired) electrons. The average Bonchev–Trinajstić information content (AvgIpc) is 2.53. The summed E-state index contributed by atoms with van der Waals surface area (Å²) >= 11 is 0. The maximum Gasteiger partial charge on any atom is 0.161 e. The first-order valence-electron chi connectivity index (χ1n) is 5.20. The Morgan fingerprint density at radius 1 is 1.31 bits per heavy atom. The largest absolute Gasteiger partial charge is 0.490 e. The van der Waals surface area contributed by atoms with Crippen LogP contribution >= 0.6 is 0 Å². The van der Waals surface area contributed by atoms with Crippen molar-refractivity contribution < 1.29 is 19.4 Å². The monoisotopic (exact) mass is 225 g/mol. The number of ether oxygens (including phenoxy) is 2. The first kappa shape index (κ1) is 11.2. The molecule has 0 amide bonds. The summed E-state index contributed by atoms with van der Waals surface area (Å²) in [6.45, 7) is 1.33. The zero-order valence-electron chi connectivity index (χ0n) is 8.89. The Kier molecular flexibility index (Phi) is 3.61. The fourth-order valence-electron chi connectivity index (χ4n) is 1.57. The molecule has 3 N–H and O–H groups in total. The van der Waals surface area contributed by atoms with Crippen LogP contribution in [0.25, 0.3) is 0 Å². The second-order valence-electron chi connectivity index (χ2n) is 3.61. The van der Waals surface area contributed by atoms with Gasteiger partial charge in [-0.05, 0) is 17.7 Å². The topological polar surface area (TPSA) is 73.9 Å². The molecule has 1 atom stereocenters. The Morgan fingerprint density at radius 3 is 2.81 bits per heavy atom. The van der Waals surface area contributed by atoms with Crippen LogP contribution in [-0.4, -0.2) is 24.9 Å². The third kappa shape index (κ3) is 2.44. The molecule has 16 heavy (non-hydrogen) atoms. The molecule has 1 aliphatic heterocycles. The molecule has 5 nitrogen and oxygen atoms in total. The van der Waals surface area contributed by atoms with E-state index in [1.807, 2.05) is 0 Å². The first-order chi connectivity index (χ1) is 7.81. The lowest BCUT2D eigenvalue weighted by atomic mass is 10.1. The van der Waals surface area contributed by atoms with Crippen molar-refractivity contribution in [2.45, 2.75) is 12.5 Å². The highest BCUT2D eigenvalue weighted by atomic mass is 16.6. The van der Waals surface area contributed by atoms with E-state index < -0.39 is 6.10 Å². The molecule has 0 aliphatic carbocycles. The van der Waals surface area contributed by atoms with E-state index in [0.29, 0.717) is 30.3 Å². The summed E-state index contributed by atoms with van der Waals surface area (Å²) in [5.74, 6) is 6.28. The van der Waals surface area contributed by atoms with Crippen LogP contribution in [0, 0.1) is 0 Å². The smallest absolute Gasteiger partial charge is 0.161 e. The van der Waals surface area contributed by atoms with Gasteiger partial charge in [-0.15, -0.1) is 0 Å². The van der Waals surface area contributed by atoms with E-state index in [-0.39, 0.29) is 6.61 Å². The van der Waals surface area contributed by atoms with E-state index in [4.69, 9.17) is 15.4 Å². The lowest BCUT2D eigenvalue weighted by Gasteiger charge is -2.12. The van der Waals surface area contributed by atoms with Gasteiger partial charge in [-0.3, -0.25) is 0 Å². The molecule has 1 aromatic carbocycles. The van der Waals surface area contributed by atoms with Crippen LogP contribution in [0.5, 0.6) is 11.5 Å². The minimum atomic E-state index is -0.748. The van der Waals surface area contributed by atoms with Crippen molar-refractivity contribution in [3.63, 3.8) is 0 Å². The predicted molar refractivity (Wildman–Crippen MR) is 57.1 cm³/mol. The van der Waals surface area contributed by atoms with Crippen molar-refractivity contribution in [3.05, 3.63) is 23.8 Å². The summed E-state index contributed by atoms with van der Waals surface area (Å²) in [5.41, 5.74) is 0.703. The minimum Gasteiger partial charge on any atom is -0.490 e. The molecule has 0 fully saturated rings. The van der Waals surface area contributed by atoms with E-state index in [2.05, 4.69) is 4.84 Å². The number of nitrogens with two attached hydrogens (primary N) is 1. The van der Waals surface area contributed by atoms with Gasteiger partial charge >= 0.3 is 0 Å². The molecule has 1 heterocycles. The molecule has 0 bridgehead atoms. The fraction of sp³-hybridized carbons (Fsp3) is 0.455. The van der Waals surface area contributed by atoms with Gasteiger partial charge < -0.3 is 19.4 Å². The quantitative estimate of drug-likeness (QED) is 0.743. The highest BCUT2D eigenvalue weighted by Crippen LogP contribution is 2.32. The van der Waals surface area contributed by atoms with E-state index in [1.165, 1.54) is 0 Å². The molecule has 88 valence electrons. The summed E-state index contributed by atoms with van der Waals surface area (Å²) in [6.07, 6.45) is 0.112. The first-order valence-corrected chi connectivity index (χ1v) is 5.20. The molecule has 0 spiro atoms. The zero-order chi connectivity index (χ0) is 11.4. The van der Waals surface area contributed by atoms with Crippen LogP contribution in [0.1, 0.15) is 18.1 Å². The van der Waals surface area contributed by atoms with Gasteiger partial charge in [0.05, 0.1) is 19.8 Å². The Morgan fingerprint density at radius 2 is 2.06 bits per heavy atom. The summed E-state index contributed by atoms with van der Waals surface area (Å²) < 4.78 is 11.0. The van der Waals surface area contributed by atoms with Crippen molar-refractivity contribution in [3.8, 4) is 11.5 Å². The van der Waals surface area contributed by atoms with Crippen molar-refractivity contribution >= 4 is 0 Å². The summed E-state index contributed by atoms with van der Waals surface area (Å²) in [4.78, 5) is 4.40. The van der Waals surface area contributed by atoms with Crippen LogP contribution in [0.3, 0.4) is 0 Å². The maximum absolute atomic E-state index is 9.69. The van der Waals surface area contributed by atoms with Gasteiger partial charge in [0.2, 0.25) is 0 Å². The second kappa shape index (κ2) is 5.16. The van der Waals surface area contributed by atoms with Gasteiger partial charge in [0, 0.05) is 6.42 Å². The highest BCUT2D eigenvalue weighted by molar-refractivity contribution is 5.44. The van der Waals surface area contributed by atoms with Crippen molar-refractivity contribution in [2.24, 2.45) is 5.90 Å². The number of fused-ring (bicyclic) bond motifs is 1. The molecular formula is C11H15NO4. The third-order valence-corrected chi connectivity index (χ3v) is 2.41. The van der Waals surface area contributed by atoms with Crippen molar-refractivity contribution in [2.75, 3.05) is 19.8 Å². The Hall–Kier alpha value is -1.30. The van der Waals surface area contributed by atoms with E-state index in [9.17, 15) is 5.11 Å². The van der Waals surface area contributed by atoms with E-state index >= 15 is 0 Å². The summed E-state index contributed by atoms with van der Waals surface area (Å²) in [6, 6.07) is 5.32. The van der Waals surface area contributed by atoms with Crippen molar-refractivity contribution in [1.82, 2.24) is 0 Å².